The lowest BCUT2D eigenvalue weighted by Gasteiger charge is -2.08. The van der Waals surface area contributed by atoms with E-state index in [-0.39, 0.29) is 12.4 Å². The van der Waals surface area contributed by atoms with Crippen molar-refractivity contribution in [1.29, 1.82) is 0 Å². The van der Waals surface area contributed by atoms with Crippen LogP contribution in [0.1, 0.15) is 19.5 Å². The molecule has 0 bridgehead atoms. The van der Waals surface area contributed by atoms with E-state index in [1.54, 1.807) is 12.1 Å². The van der Waals surface area contributed by atoms with Gasteiger partial charge in [-0.15, -0.1) is 0 Å². The Morgan fingerprint density at radius 2 is 2.20 bits per heavy atom. The maximum Gasteiger partial charge on any atom is 0.272 e. The van der Waals surface area contributed by atoms with Crippen LogP contribution in [0.2, 0.25) is 0 Å². The minimum atomic E-state index is -2.52. The number of nitrogens with zero attached hydrogens (tertiary/aromatic N) is 2. The van der Waals surface area contributed by atoms with Crippen molar-refractivity contribution in [2.45, 2.75) is 26.8 Å². The zero-order valence-electron chi connectivity index (χ0n) is 11.6. The highest BCUT2D eigenvalue weighted by Gasteiger charge is 2.05. The summed E-state index contributed by atoms with van der Waals surface area (Å²) in [7, 11) is 0. The molecule has 0 aliphatic rings. The lowest BCUT2D eigenvalue weighted by atomic mass is 10.2. The minimum Gasteiger partial charge on any atom is -0.472 e. The van der Waals surface area contributed by atoms with Gasteiger partial charge in [-0.2, -0.15) is 0 Å². The quantitative estimate of drug-likeness (QED) is 0.592. The van der Waals surface area contributed by atoms with E-state index < -0.39 is 13.0 Å². The van der Waals surface area contributed by atoms with Gasteiger partial charge in [0, 0.05) is 12.6 Å². The Balaban J connectivity index is 2.51. The summed E-state index contributed by atoms with van der Waals surface area (Å²) < 4.78 is 28.9. The Kier molecular flexibility index (Phi) is 6.69. The molecule has 0 saturated carbocycles. The van der Waals surface area contributed by atoms with Gasteiger partial charge in [-0.25, -0.2) is 18.8 Å². The first-order valence-electron chi connectivity index (χ1n) is 6.38. The molecule has 112 valence electrons. The number of nitrogens with two attached hydrogens (primary N) is 1. The molecule has 1 heterocycles. The number of aromatic nitrogens is 1. The van der Waals surface area contributed by atoms with Crippen LogP contribution in [0.15, 0.2) is 23.2 Å². The van der Waals surface area contributed by atoms with Crippen molar-refractivity contribution in [3.63, 3.8) is 0 Å². The fraction of sp³-hybridized carbons (Fsp3) is 0.538. The first kappa shape index (κ1) is 16.1. The standard InChI is InChI=1S/C13H20F2N4O/c1-9(2)6-17-13(16)18-7-10-4-3-5-12(19-10)20-8-11(14)15/h3-5,9,11H,6-8H2,1-2H3,(H3,16,17,18). The molecule has 1 rings (SSSR count). The number of nitrogens with one attached hydrogen (secondary N) is 1. The van der Waals surface area contributed by atoms with Gasteiger partial charge in [0.1, 0.15) is 0 Å². The summed E-state index contributed by atoms with van der Waals surface area (Å²) in [6, 6.07) is 4.93. The first-order valence-corrected chi connectivity index (χ1v) is 6.38. The van der Waals surface area contributed by atoms with E-state index >= 15 is 0 Å². The van der Waals surface area contributed by atoms with Crippen LogP contribution < -0.4 is 15.8 Å². The second-order valence-electron chi connectivity index (χ2n) is 4.65. The van der Waals surface area contributed by atoms with E-state index in [9.17, 15) is 8.78 Å². The minimum absolute atomic E-state index is 0.159. The van der Waals surface area contributed by atoms with Crippen molar-refractivity contribution in [2.24, 2.45) is 16.6 Å². The molecule has 0 fully saturated rings. The van der Waals surface area contributed by atoms with E-state index in [2.05, 4.69) is 29.1 Å². The number of pyridine rings is 1. The summed E-state index contributed by atoms with van der Waals surface area (Å²) in [6.45, 7) is 4.46. The van der Waals surface area contributed by atoms with Gasteiger partial charge >= 0.3 is 0 Å². The third-order valence-corrected chi connectivity index (χ3v) is 2.24. The molecular weight excluding hydrogens is 266 g/mol. The molecule has 1 aromatic heterocycles. The van der Waals surface area contributed by atoms with Crippen molar-refractivity contribution >= 4 is 5.96 Å². The number of hydrogen-bond acceptors (Lipinski definition) is 3. The van der Waals surface area contributed by atoms with Crippen molar-refractivity contribution in [1.82, 2.24) is 10.3 Å². The van der Waals surface area contributed by atoms with Crippen LogP contribution in [-0.2, 0) is 6.54 Å². The maximum atomic E-state index is 12.0. The molecule has 0 aliphatic heterocycles. The molecule has 0 spiro atoms. The molecule has 0 atom stereocenters. The van der Waals surface area contributed by atoms with E-state index in [4.69, 9.17) is 10.5 Å². The van der Waals surface area contributed by atoms with E-state index in [0.29, 0.717) is 17.6 Å². The molecule has 7 heteroatoms. The lowest BCUT2D eigenvalue weighted by Crippen LogP contribution is -2.34. The molecule has 5 nitrogen and oxygen atoms in total. The van der Waals surface area contributed by atoms with Gasteiger partial charge in [0.25, 0.3) is 6.43 Å². The molecule has 0 aliphatic carbocycles. The lowest BCUT2D eigenvalue weighted by molar-refractivity contribution is 0.0795. The van der Waals surface area contributed by atoms with E-state index in [1.807, 2.05) is 0 Å². The Labute approximate surface area is 117 Å². The molecule has 1 aromatic rings. The van der Waals surface area contributed by atoms with Gasteiger partial charge in [0.15, 0.2) is 12.6 Å². The highest BCUT2D eigenvalue weighted by molar-refractivity contribution is 5.77. The Bertz CT molecular complexity index is 438. The van der Waals surface area contributed by atoms with Crippen LogP contribution in [0.5, 0.6) is 5.88 Å². The summed E-state index contributed by atoms with van der Waals surface area (Å²) in [5.41, 5.74) is 6.29. The number of guanidine groups is 1. The molecule has 0 radical (unpaired) electrons. The summed E-state index contributed by atoms with van der Waals surface area (Å²) in [4.78, 5) is 8.19. The second-order valence-corrected chi connectivity index (χ2v) is 4.65. The average molecular weight is 286 g/mol. The fourth-order valence-electron chi connectivity index (χ4n) is 1.31. The number of alkyl halides is 2. The molecule has 20 heavy (non-hydrogen) atoms. The normalized spacial score (nSPS) is 12.0. The Hall–Kier alpha value is -1.92. The van der Waals surface area contributed by atoms with Crippen molar-refractivity contribution < 1.29 is 13.5 Å². The van der Waals surface area contributed by atoms with Gasteiger partial charge in [-0.05, 0) is 12.0 Å². The van der Waals surface area contributed by atoms with Gasteiger partial charge in [-0.1, -0.05) is 19.9 Å². The molecular formula is C13H20F2N4O. The van der Waals surface area contributed by atoms with Crippen LogP contribution in [0.4, 0.5) is 8.78 Å². The van der Waals surface area contributed by atoms with Gasteiger partial charge in [0.05, 0.1) is 12.2 Å². The predicted molar refractivity (Wildman–Crippen MR) is 73.9 cm³/mol. The third kappa shape index (κ3) is 6.86. The second kappa shape index (κ2) is 8.29. The van der Waals surface area contributed by atoms with Gasteiger partial charge < -0.3 is 15.8 Å². The van der Waals surface area contributed by atoms with Crippen molar-refractivity contribution in [2.75, 3.05) is 13.2 Å². The first-order chi connectivity index (χ1) is 9.47. The third-order valence-electron chi connectivity index (χ3n) is 2.24. The summed E-state index contributed by atoms with van der Waals surface area (Å²) in [5.74, 6) is 0.957. The SMILES string of the molecule is CC(C)CNC(N)=NCc1cccc(OCC(F)F)n1. The predicted octanol–water partition coefficient (Wildman–Crippen LogP) is 1.79. The summed E-state index contributed by atoms with van der Waals surface area (Å²) in [5, 5.41) is 2.98. The Morgan fingerprint density at radius 3 is 2.85 bits per heavy atom. The topological polar surface area (TPSA) is 72.5 Å². The van der Waals surface area contributed by atoms with Crippen LogP contribution in [0, 0.1) is 5.92 Å². The number of aliphatic imine (C=N–C) groups is 1. The van der Waals surface area contributed by atoms with Gasteiger partial charge in [0.2, 0.25) is 5.88 Å². The zero-order chi connectivity index (χ0) is 15.0. The van der Waals surface area contributed by atoms with Crippen LogP contribution in [-0.4, -0.2) is 30.5 Å². The maximum absolute atomic E-state index is 12.0. The number of halogens is 2. The van der Waals surface area contributed by atoms with Crippen LogP contribution >= 0.6 is 0 Å². The van der Waals surface area contributed by atoms with Crippen molar-refractivity contribution in [3.05, 3.63) is 23.9 Å². The number of rotatable bonds is 7. The highest BCUT2D eigenvalue weighted by Crippen LogP contribution is 2.09. The average Bonchev–Trinajstić information content (AvgIpc) is 2.41. The highest BCUT2D eigenvalue weighted by atomic mass is 19.3. The molecule has 0 saturated heterocycles. The van der Waals surface area contributed by atoms with E-state index in [0.717, 1.165) is 6.54 Å². The summed E-state index contributed by atoms with van der Waals surface area (Å²) in [6.07, 6.45) is -2.52. The smallest absolute Gasteiger partial charge is 0.272 e. The van der Waals surface area contributed by atoms with Crippen LogP contribution in [0.25, 0.3) is 0 Å². The van der Waals surface area contributed by atoms with Crippen LogP contribution in [0.3, 0.4) is 0 Å². The van der Waals surface area contributed by atoms with Crippen molar-refractivity contribution in [3.8, 4) is 5.88 Å². The molecule has 0 unspecified atom stereocenters. The molecule has 3 N–H and O–H groups in total. The Morgan fingerprint density at radius 1 is 1.45 bits per heavy atom. The van der Waals surface area contributed by atoms with Gasteiger partial charge in [-0.3, -0.25) is 0 Å². The molecule has 0 amide bonds. The monoisotopic (exact) mass is 286 g/mol. The fourth-order valence-corrected chi connectivity index (χ4v) is 1.31. The summed E-state index contributed by atoms with van der Waals surface area (Å²) >= 11 is 0. The number of ether oxygens (including phenoxy) is 1. The number of hydrogen-bond donors (Lipinski definition) is 2. The zero-order valence-corrected chi connectivity index (χ0v) is 11.6. The van der Waals surface area contributed by atoms with E-state index in [1.165, 1.54) is 6.07 Å². The molecule has 0 aromatic carbocycles. The largest absolute Gasteiger partial charge is 0.472 e.